The monoisotopic (exact) mass is 528 g/mol. The number of rotatable bonds is 9. The van der Waals surface area contributed by atoms with Crippen molar-refractivity contribution >= 4 is 44.3 Å². The number of likely N-dealkylation sites (tertiary alicyclic amines) is 1. The number of hydrogen-bond donors (Lipinski definition) is 1. The molecule has 0 aliphatic carbocycles. The first-order valence-electron chi connectivity index (χ1n) is 11.5. The topological polar surface area (TPSA) is 85.8 Å². The van der Waals surface area contributed by atoms with Crippen LogP contribution in [0.25, 0.3) is 10.9 Å². The number of methoxy groups -OCH3 is 1. The van der Waals surface area contributed by atoms with Gasteiger partial charge in [-0.1, -0.05) is 28.4 Å². The van der Waals surface area contributed by atoms with Gasteiger partial charge in [0.1, 0.15) is 24.8 Å². The first-order chi connectivity index (χ1) is 16.6. The van der Waals surface area contributed by atoms with Gasteiger partial charge in [-0.05, 0) is 50.6 Å². The second-order valence-corrected chi connectivity index (χ2v) is 8.94. The molecule has 1 aliphatic heterocycles. The fourth-order valence-corrected chi connectivity index (χ4v) is 4.58. The first-order valence-corrected chi connectivity index (χ1v) is 12.3. The second kappa shape index (κ2) is 11.5. The number of benzene rings is 2. The number of aromatic nitrogens is 2. The normalized spacial score (nSPS) is 16.3. The fourth-order valence-electron chi connectivity index (χ4n) is 4.18. The maximum atomic E-state index is 12.3. The van der Waals surface area contributed by atoms with Crippen molar-refractivity contribution in [1.82, 2.24) is 14.9 Å². The minimum absolute atomic E-state index is 0.146. The zero-order valence-corrected chi connectivity index (χ0v) is 21.0. The minimum Gasteiger partial charge on any atom is -0.493 e. The van der Waals surface area contributed by atoms with Crippen molar-refractivity contribution in [2.24, 2.45) is 0 Å². The van der Waals surface area contributed by atoms with Crippen molar-refractivity contribution in [3.8, 4) is 11.5 Å². The number of anilines is 2. The molecule has 0 saturated carbocycles. The third-order valence-corrected chi connectivity index (χ3v) is 6.31. The lowest BCUT2D eigenvalue weighted by molar-refractivity contribution is -0.151. The Hall–Kier alpha value is -2.91. The van der Waals surface area contributed by atoms with Crippen LogP contribution in [0.4, 0.5) is 11.5 Å². The van der Waals surface area contributed by atoms with Gasteiger partial charge in [0.05, 0.1) is 19.2 Å². The summed E-state index contributed by atoms with van der Waals surface area (Å²) < 4.78 is 17.9. The van der Waals surface area contributed by atoms with Gasteiger partial charge in [-0.2, -0.15) is 0 Å². The summed E-state index contributed by atoms with van der Waals surface area (Å²) in [7, 11) is 1.61. The lowest BCUT2D eigenvalue weighted by Gasteiger charge is -2.33. The van der Waals surface area contributed by atoms with E-state index in [1.807, 2.05) is 43.3 Å². The Labute approximate surface area is 207 Å². The molecular weight excluding hydrogens is 500 g/mol. The molecule has 9 heteroatoms. The van der Waals surface area contributed by atoms with E-state index in [4.69, 9.17) is 14.2 Å². The molecule has 1 atom stereocenters. The highest BCUT2D eigenvalue weighted by molar-refractivity contribution is 9.10. The summed E-state index contributed by atoms with van der Waals surface area (Å²) in [5.41, 5.74) is 1.65. The van der Waals surface area contributed by atoms with Gasteiger partial charge in [0.2, 0.25) is 0 Å². The molecule has 1 unspecified atom stereocenters. The molecule has 1 aromatic heterocycles. The van der Waals surface area contributed by atoms with E-state index < -0.39 is 0 Å². The van der Waals surface area contributed by atoms with Crippen LogP contribution < -0.4 is 14.8 Å². The summed E-state index contributed by atoms with van der Waals surface area (Å²) in [5.74, 6) is 1.73. The van der Waals surface area contributed by atoms with Gasteiger partial charge in [0.15, 0.2) is 11.5 Å². The summed E-state index contributed by atoms with van der Waals surface area (Å²) in [4.78, 5) is 23.3. The summed E-state index contributed by atoms with van der Waals surface area (Å²) >= 11 is 3.49. The van der Waals surface area contributed by atoms with Crippen molar-refractivity contribution < 1.29 is 19.0 Å². The second-order valence-electron chi connectivity index (χ2n) is 8.03. The molecule has 2 heterocycles. The highest BCUT2D eigenvalue weighted by Gasteiger charge is 2.29. The number of esters is 1. The van der Waals surface area contributed by atoms with Crippen molar-refractivity contribution in [2.75, 3.05) is 38.7 Å². The van der Waals surface area contributed by atoms with Crippen LogP contribution in [0.15, 0.2) is 47.2 Å². The number of fused-ring (bicyclic) bond motifs is 1. The maximum absolute atomic E-state index is 12.3. The molecule has 3 aromatic rings. The zero-order chi connectivity index (χ0) is 23.9. The molecule has 1 aliphatic rings. The molecule has 1 saturated heterocycles. The van der Waals surface area contributed by atoms with Crippen molar-refractivity contribution in [3.63, 3.8) is 0 Å². The average molecular weight is 529 g/mol. The lowest BCUT2D eigenvalue weighted by Crippen LogP contribution is -2.47. The highest BCUT2D eigenvalue weighted by Crippen LogP contribution is 2.35. The van der Waals surface area contributed by atoms with Crippen LogP contribution in [0, 0.1) is 0 Å². The van der Waals surface area contributed by atoms with Crippen LogP contribution in [0.3, 0.4) is 0 Å². The Morgan fingerprint density at radius 3 is 2.88 bits per heavy atom. The molecule has 0 radical (unpaired) electrons. The number of nitrogens with one attached hydrogen (secondary N) is 1. The molecule has 0 amide bonds. The van der Waals surface area contributed by atoms with Gasteiger partial charge in [-0.25, -0.2) is 9.97 Å². The number of ether oxygens (including phenoxy) is 3. The van der Waals surface area contributed by atoms with Gasteiger partial charge >= 0.3 is 5.97 Å². The molecular formula is C25H29BrN4O4. The summed E-state index contributed by atoms with van der Waals surface area (Å²) in [6.07, 6.45) is 4.45. The molecule has 34 heavy (non-hydrogen) atoms. The van der Waals surface area contributed by atoms with E-state index in [1.54, 1.807) is 7.11 Å². The van der Waals surface area contributed by atoms with E-state index in [0.29, 0.717) is 37.1 Å². The Kier molecular flexibility index (Phi) is 8.18. The summed E-state index contributed by atoms with van der Waals surface area (Å²) in [6, 6.07) is 11.4. The largest absolute Gasteiger partial charge is 0.493 e. The molecule has 180 valence electrons. The third-order valence-electron chi connectivity index (χ3n) is 5.82. The predicted molar refractivity (Wildman–Crippen MR) is 135 cm³/mol. The Bertz CT molecular complexity index is 1140. The Balaban J connectivity index is 1.49. The standard InChI is InChI=1S/C25H29BrN4O4/c1-3-33-25(31)21-9-4-5-10-30(21)11-12-34-23-15-20-19(14-22(23)32-2)24(28-16-27-20)29-18-8-6-7-17(26)13-18/h6-8,13-16,21H,3-5,9-12H2,1-2H3,(H,27,28,29). The zero-order valence-electron chi connectivity index (χ0n) is 19.4. The number of piperidine rings is 1. The molecule has 1 fully saturated rings. The minimum atomic E-state index is -0.199. The van der Waals surface area contributed by atoms with Crippen molar-refractivity contribution in [1.29, 1.82) is 0 Å². The van der Waals surface area contributed by atoms with Gasteiger partial charge < -0.3 is 19.5 Å². The van der Waals surface area contributed by atoms with E-state index in [2.05, 4.69) is 36.1 Å². The van der Waals surface area contributed by atoms with Crippen LogP contribution in [-0.2, 0) is 9.53 Å². The molecule has 0 bridgehead atoms. The van der Waals surface area contributed by atoms with Crippen LogP contribution in [0.1, 0.15) is 26.2 Å². The number of halogens is 1. The van der Waals surface area contributed by atoms with Gasteiger partial charge in [-0.3, -0.25) is 9.69 Å². The van der Waals surface area contributed by atoms with Crippen LogP contribution in [0.2, 0.25) is 0 Å². The lowest BCUT2D eigenvalue weighted by atomic mass is 10.0. The van der Waals surface area contributed by atoms with Gasteiger partial charge in [0, 0.05) is 28.2 Å². The SMILES string of the molecule is CCOC(=O)C1CCCCN1CCOc1cc2ncnc(Nc3cccc(Br)c3)c2cc1OC. The number of nitrogens with zero attached hydrogens (tertiary/aromatic N) is 3. The smallest absolute Gasteiger partial charge is 0.323 e. The van der Waals surface area contributed by atoms with Crippen molar-refractivity contribution in [3.05, 3.63) is 47.2 Å². The Morgan fingerprint density at radius 1 is 1.21 bits per heavy atom. The van der Waals surface area contributed by atoms with Crippen LogP contribution in [0.5, 0.6) is 11.5 Å². The van der Waals surface area contributed by atoms with E-state index in [9.17, 15) is 4.79 Å². The van der Waals surface area contributed by atoms with E-state index >= 15 is 0 Å². The van der Waals surface area contributed by atoms with E-state index in [1.165, 1.54) is 6.33 Å². The number of carbonyl (C=O) groups excluding carboxylic acids is 1. The van der Waals surface area contributed by atoms with E-state index in [-0.39, 0.29) is 12.0 Å². The quantitative estimate of drug-likeness (QED) is 0.390. The predicted octanol–water partition coefficient (Wildman–Crippen LogP) is 4.94. The van der Waals surface area contributed by atoms with Gasteiger partial charge in [0.25, 0.3) is 0 Å². The van der Waals surface area contributed by atoms with Crippen molar-refractivity contribution in [2.45, 2.75) is 32.2 Å². The van der Waals surface area contributed by atoms with Crippen LogP contribution in [-0.4, -0.2) is 60.3 Å². The summed E-state index contributed by atoms with van der Waals surface area (Å²) in [5, 5.41) is 4.17. The molecule has 2 aromatic carbocycles. The first kappa shape index (κ1) is 24.2. The van der Waals surface area contributed by atoms with Crippen LogP contribution >= 0.6 is 15.9 Å². The number of carbonyl (C=O) groups is 1. The molecule has 1 N–H and O–H groups in total. The molecule has 0 spiro atoms. The Morgan fingerprint density at radius 2 is 2.09 bits per heavy atom. The molecule has 8 nitrogen and oxygen atoms in total. The maximum Gasteiger partial charge on any atom is 0.323 e. The van der Waals surface area contributed by atoms with Gasteiger partial charge in [-0.15, -0.1) is 0 Å². The summed E-state index contributed by atoms with van der Waals surface area (Å²) in [6.45, 7) is 4.15. The average Bonchev–Trinajstić information content (AvgIpc) is 2.84. The highest BCUT2D eigenvalue weighted by atomic mass is 79.9. The fraction of sp³-hybridized carbons (Fsp3) is 0.400. The van der Waals surface area contributed by atoms with E-state index in [0.717, 1.165) is 46.9 Å². The molecule has 4 rings (SSSR count). The number of hydrogen-bond acceptors (Lipinski definition) is 8. The third kappa shape index (κ3) is 5.77.